The lowest BCUT2D eigenvalue weighted by atomic mass is 9.79. The quantitative estimate of drug-likeness (QED) is 0.736. The molecule has 4 heteroatoms. The summed E-state index contributed by atoms with van der Waals surface area (Å²) in [5.41, 5.74) is 7.42. The number of nitrogens with one attached hydrogen (secondary N) is 1. The van der Waals surface area contributed by atoms with Crippen molar-refractivity contribution in [3.05, 3.63) is 23.2 Å². The Morgan fingerprint density at radius 3 is 2.72 bits per heavy atom. The van der Waals surface area contributed by atoms with E-state index in [1.54, 1.807) is 6.07 Å². The third-order valence-electron chi connectivity index (χ3n) is 3.91. The highest BCUT2D eigenvalue weighted by atomic mass is 35.5. The standard InChI is InChI=1S/C14H21ClN2O/c15-12-6-3-7-13(14(12)16)17-8-10-4-1-2-5-11(10)9-18/h3,6-7,10-11,17-18H,1-2,4-5,8-9,16H2. The van der Waals surface area contributed by atoms with E-state index in [1.165, 1.54) is 19.3 Å². The second kappa shape index (κ2) is 6.30. The molecule has 2 unspecified atom stereocenters. The Kier molecular flexibility index (Phi) is 4.72. The lowest BCUT2D eigenvalue weighted by Gasteiger charge is -2.30. The predicted octanol–water partition coefficient (Wildman–Crippen LogP) is 3.13. The molecule has 1 aromatic rings. The Hall–Kier alpha value is -0.930. The van der Waals surface area contributed by atoms with Crippen LogP contribution in [0.25, 0.3) is 0 Å². The van der Waals surface area contributed by atoms with Gasteiger partial charge in [-0.2, -0.15) is 0 Å². The number of hydrogen-bond acceptors (Lipinski definition) is 3. The predicted molar refractivity (Wildman–Crippen MR) is 76.9 cm³/mol. The fourth-order valence-corrected chi connectivity index (χ4v) is 2.90. The summed E-state index contributed by atoms with van der Waals surface area (Å²) in [6.07, 6.45) is 4.81. The topological polar surface area (TPSA) is 58.3 Å². The van der Waals surface area contributed by atoms with Crippen molar-refractivity contribution in [1.82, 2.24) is 0 Å². The molecule has 4 N–H and O–H groups in total. The molecule has 0 spiro atoms. The van der Waals surface area contributed by atoms with E-state index in [9.17, 15) is 5.11 Å². The van der Waals surface area contributed by atoms with Crippen LogP contribution in [0, 0.1) is 11.8 Å². The van der Waals surface area contributed by atoms with E-state index in [2.05, 4.69) is 5.32 Å². The van der Waals surface area contributed by atoms with E-state index in [0.29, 0.717) is 22.5 Å². The zero-order chi connectivity index (χ0) is 13.0. The summed E-state index contributed by atoms with van der Waals surface area (Å²) in [4.78, 5) is 0. The van der Waals surface area contributed by atoms with Crippen molar-refractivity contribution in [2.45, 2.75) is 25.7 Å². The molecule has 0 aliphatic heterocycles. The number of aliphatic hydroxyl groups excluding tert-OH is 1. The molecule has 0 bridgehead atoms. The molecular formula is C14H21ClN2O. The molecule has 100 valence electrons. The monoisotopic (exact) mass is 268 g/mol. The minimum absolute atomic E-state index is 0.289. The van der Waals surface area contributed by atoms with E-state index < -0.39 is 0 Å². The van der Waals surface area contributed by atoms with E-state index in [-0.39, 0.29) is 6.61 Å². The fraction of sp³-hybridized carbons (Fsp3) is 0.571. The summed E-state index contributed by atoms with van der Waals surface area (Å²) < 4.78 is 0. The van der Waals surface area contributed by atoms with Crippen molar-refractivity contribution in [3.63, 3.8) is 0 Å². The molecule has 1 aromatic carbocycles. The summed E-state index contributed by atoms with van der Waals surface area (Å²) >= 11 is 5.99. The van der Waals surface area contributed by atoms with Crippen molar-refractivity contribution < 1.29 is 5.11 Å². The molecule has 0 aromatic heterocycles. The summed E-state index contributed by atoms with van der Waals surface area (Å²) in [6.45, 7) is 1.15. The van der Waals surface area contributed by atoms with Crippen LogP contribution in [-0.4, -0.2) is 18.3 Å². The second-order valence-electron chi connectivity index (χ2n) is 5.07. The molecule has 1 aliphatic carbocycles. The Labute approximate surface area is 113 Å². The minimum atomic E-state index is 0.289. The number of halogens is 1. The summed E-state index contributed by atoms with van der Waals surface area (Å²) in [5, 5.41) is 13.3. The van der Waals surface area contributed by atoms with Gasteiger partial charge in [-0.3, -0.25) is 0 Å². The Morgan fingerprint density at radius 1 is 1.28 bits per heavy atom. The number of rotatable bonds is 4. The summed E-state index contributed by atoms with van der Waals surface area (Å²) in [7, 11) is 0. The van der Waals surface area contributed by atoms with Crippen LogP contribution in [0.15, 0.2) is 18.2 Å². The first-order valence-corrected chi connectivity index (χ1v) is 6.99. The average Bonchev–Trinajstić information content (AvgIpc) is 2.41. The largest absolute Gasteiger partial charge is 0.396 e. The van der Waals surface area contributed by atoms with E-state index in [1.807, 2.05) is 12.1 Å². The van der Waals surface area contributed by atoms with Gasteiger partial charge in [0.05, 0.1) is 16.4 Å². The van der Waals surface area contributed by atoms with E-state index in [0.717, 1.165) is 18.7 Å². The average molecular weight is 269 g/mol. The van der Waals surface area contributed by atoms with Crippen LogP contribution in [0.3, 0.4) is 0 Å². The zero-order valence-electron chi connectivity index (χ0n) is 10.5. The zero-order valence-corrected chi connectivity index (χ0v) is 11.3. The number of anilines is 2. The number of aliphatic hydroxyl groups is 1. The highest BCUT2D eigenvalue weighted by Gasteiger charge is 2.24. The molecular weight excluding hydrogens is 248 g/mol. The van der Waals surface area contributed by atoms with E-state index >= 15 is 0 Å². The van der Waals surface area contributed by atoms with Crippen LogP contribution in [0.1, 0.15) is 25.7 Å². The molecule has 0 heterocycles. The SMILES string of the molecule is Nc1c(Cl)cccc1NCC1CCCCC1CO. The van der Waals surface area contributed by atoms with E-state index in [4.69, 9.17) is 17.3 Å². The van der Waals surface area contributed by atoms with Gasteiger partial charge < -0.3 is 16.2 Å². The van der Waals surface area contributed by atoms with Crippen LogP contribution in [0.5, 0.6) is 0 Å². The maximum atomic E-state index is 9.38. The number of hydrogen-bond donors (Lipinski definition) is 3. The van der Waals surface area contributed by atoms with Crippen molar-refractivity contribution in [2.24, 2.45) is 11.8 Å². The highest BCUT2D eigenvalue weighted by molar-refractivity contribution is 6.33. The minimum Gasteiger partial charge on any atom is -0.396 e. The highest BCUT2D eigenvalue weighted by Crippen LogP contribution is 2.31. The molecule has 0 amide bonds. The first kappa shape index (κ1) is 13.5. The van der Waals surface area contributed by atoms with Gasteiger partial charge in [0.1, 0.15) is 0 Å². The number of benzene rings is 1. The fourth-order valence-electron chi connectivity index (χ4n) is 2.73. The molecule has 0 saturated heterocycles. The molecule has 18 heavy (non-hydrogen) atoms. The first-order chi connectivity index (χ1) is 8.72. The normalized spacial score (nSPS) is 23.9. The van der Waals surface area contributed by atoms with Gasteiger partial charge in [0.25, 0.3) is 0 Å². The summed E-state index contributed by atoms with van der Waals surface area (Å²) in [6, 6.07) is 5.63. The lowest BCUT2D eigenvalue weighted by molar-refractivity contribution is 0.141. The molecule has 2 atom stereocenters. The van der Waals surface area contributed by atoms with Crippen molar-refractivity contribution >= 4 is 23.0 Å². The van der Waals surface area contributed by atoms with Gasteiger partial charge >= 0.3 is 0 Å². The van der Waals surface area contributed by atoms with Crippen LogP contribution < -0.4 is 11.1 Å². The maximum Gasteiger partial charge on any atom is 0.0739 e. The van der Waals surface area contributed by atoms with Crippen molar-refractivity contribution in [2.75, 3.05) is 24.2 Å². The third kappa shape index (κ3) is 3.09. The molecule has 2 rings (SSSR count). The third-order valence-corrected chi connectivity index (χ3v) is 4.24. The number of para-hydroxylation sites is 1. The second-order valence-corrected chi connectivity index (χ2v) is 5.48. The smallest absolute Gasteiger partial charge is 0.0739 e. The number of nitrogen functional groups attached to an aromatic ring is 1. The number of nitrogens with two attached hydrogens (primary N) is 1. The van der Waals surface area contributed by atoms with Gasteiger partial charge in [-0.1, -0.05) is 30.5 Å². The van der Waals surface area contributed by atoms with Crippen LogP contribution >= 0.6 is 11.6 Å². The van der Waals surface area contributed by atoms with Crippen molar-refractivity contribution in [3.8, 4) is 0 Å². The first-order valence-electron chi connectivity index (χ1n) is 6.61. The van der Waals surface area contributed by atoms with Gasteiger partial charge in [-0.05, 0) is 36.8 Å². The summed E-state index contributed by atoms with van der Waals surface area (Å²) in [5.74, 6) is 0.953. The van der Waals surface area contributed by atoms with Gasteiger partial charge in [0, 0.05) is 13.2 Å². The van der Waals surface area contributed by atoms with Gasteiger partial charge in [-0.15, -0.1) is 0 Å². The molecule has 1 saturated carbocycles. The molecule has 3 nitrogen and oxygen atoms in total. The molecule has 0 radical (unpaired) electrons. The molecule has 1 aliphatic rings. The Morgan fingerprint density at radius 2 is 2.00 bits per heavy atom. The van der Waals surface area contributed by atoms with Gasteiger partial charge in [-0.25, -0.2) is 0 Å². The van der Waals surface area contributed by atoms with Gasteiger partial charge in [0.2, 0.25) is 0 Å². The van der Waals surface area contributed by atoms with Crippen LogP contribution in [0.4, 0.5) is 11.4 Å². The van der Waals surface area contributed by atoms with Crippen LogP contribution in [0.2, 0.25) is 5.02 Å². The van der Waals surface area contributed by atoms with Crippen molar-refractivity contribution in [1.29, 1.82) is 0 Å². The molecule has 1 fully saturated rings. The maximum absolute atomic E-state index is 9.38. The Balaban J connectivity index is 1.96. The Bertz CT molecular complexity index is 397. The van der Waals surface area contributed by atoms with Crippen LogP contribution in [-0.2, 0) is 0 Å². The lowest BCUT2D eigenvalue weighted by Crippen LogP contribution is -2.28. The van der Waals surface area contributed by atoms with Gasteiger partial charge in [0.15, 0.2) is 0 Å².